The molecule has 1 saturated heterocycles. The lowest BCUT2D eigenvalue weighted by atomic mass is 10.0. The largest absolute Gasteiger partial charge is 0.382 e. The highest BCUT2D eigenvalue weighted by Gasteiger charge is 2.27. The summed E-state index contributed by atoms with van der Waals surface area (Å²) in [5.41, 5.74) is 11.3. The van der Waals surface area contributed by atoms with E-state index in [0.29, 0.717) is 34.2 Å². The van der Waals surface area contributed by atoms with Crippen molar-refractivity contribution in [1.29, 1.82) is 0 Å². The van der Waals surface area contributed by atoms with Gasteiger partial charge in [0.1, 0.15) is 28.6 Å². The van der Waals surface area contributed by atoms with E-state index in [9.17, 15) is 9.59 Å². The Morgan fingerprint density at radius 3 is 2.49 bits per heavy atom. The molecule has 2 aromatic carbocycles. The van der Waals surface area contributed by atoms with Crippen LogP contribution in [0.1, 0.15) is 35.5 Å². The van der Waals surface area contributed by atoms with E-state index in [1.165, 1.54) is 4.68 Å². The third kappa shape index (κ3) is 5.94. The molecule has 11 heteroatoms. The number of carbonyl (C=O) groups is 1. The Morgan fingerprint density at radius 1 is 1.00 bits per heavy atom. The molecular weight excluding hydrogens is 566 g/mol. The van der Waals surface area contributed by atoms with Crippen LogP contribution in [-0.2, 0) is 7.05 Å². The molecule has 0 unspecified atom stereocenters. The second kappa shape index (κ2) is 11.7. The number of hydrogen-bond acceptors (Lipinski definition) is 8. The van der Waals surface area contributed by atoms with Gasteiger partial charge in [-0.1, -0.05) is 30.3 Å². The number of nitrogen functional groups attached to an aromatic ring is 1. The van der Waals surface area contributed by atoms with Crippen LogP contribution in [-0.4, -0.2) is 55.4 Å². The van der Waals surface area contributed by atoms with E-state index in [1.54, 1.807) is 37.0 Å². The summed E-state index contributed by atoms with van der Waals surface area (Å²) in [6.07, 6.45) is 1.63. The van der Waals surface area contributed by atoms with E-state index < -0.39 is 5.91 Å². The number of rotatable bonds is 6. The van der Waals surface area contributed by atoms with Crippen molar-refractivity contribution < 1.29 is 4.79 Å². The molecule has 1 amide bonds. The number of nitrogens with one attached hydrogen (secondary N) is 2. The molecule has 1 aliphatic heterocycles. The summed E-state index contributed by atoms with van der Waals surface area (Å²) in [6.45, 7) is 10.7. The number of piperazine rings is 1. The topological polar surface area (TPSA) is 136 Å². The molecular formula is C34H37N9O2. The molecule has 0 bridgehead atoms. The maximum Gasteiger partial charge on any atom is 0.284 e. The molecule has 230 valence electrons. The van der Waals surface area contributed by atoms with E-state index in [-0.39, 0.29) is 22.5 Å². The third-order valence-electron chi connectivity index (χ3n) is 8.14. The van der Waals surface area contributed by atoms with Gasteiger partial charge in [-0.25, -0.2) is 19.6 Å². The second-order valence-corrected chi connectivity index (χ2v) is 12.1. The maximum absolute atomic E-state index is 13.4. The summed E-state index contributed by atoms with van der Waals surface area (Å²) in [5.74, 6) is 0.696. The fourth-order valence-corrected chi connectivity index (χ4v) is 5.74. The number of pyridine rings is 1. The van der Waals surface area contributed by atoms with Crippen LogP contribution in [0.15, 0.2) is 77.7 Å². The summed E-state index contributed by atoms with van der Waals surface area (Å²) >= 11 is 0. The predicted molar refractivity (Wildman–Crippen MR) is 178 cm³/mol. The number of carbonyl (C=O) groups excluding carboxylic acids is 1. The Balaban J connectivity index is 1.23. The lowest BCUT2D eigenvalue weighted by molar-refractivity contribution is 0.102. The molecule has 0 atom stereocenters. The molecule has 0 aliphatic carbocycles. The zero-order valence-electron chi connectivity index (χ0n) is 26.1. The SMILES string of the molecule is Cc1cccc(-n2c(=O)c(C(=O)Nc3ccc(-c4nc(-c5cccc(N6CCNC(C)(C)C6)n5)cnc4N)cc3)c(C)n2C)c1. The lowest BCUT2D eigenvalue weighted by Crippen LogP contribution is -2.57. The molecule has 45 heavy (non-hydrogen) atoms. The minimum atomic E-state index is -0.479. The van der Waals surface area contributed by atoms with Crippen LogP contribution < -0.4 is 26.8 Å². The average Bonchev–Trinajstić information content (AvgIpc) is 3.24. The average molecular weight is 604 g/mol. The standard InChI is InChI=1S/C34H37N9O2/c1-21-8-6-9-25(18-21)43-33(45)29(22(2)41(43)5)32(44)38-24-14-12-23(13-15-24)30-31(35)36-19-27(40-30)26-10-7-11-28(39-26)42-17-16-37-34(3,4)20-42/h6-15,18-19,37H,16-17,20H2,1-5H3,(H2,35,36)(H,38,44). The van der Waals surface area contributed by atoms with Crippen LogP contribution in [0.25, 0.3) is 28.3 Å². The van der Waals surface area contributed by atoms with Gasteiger partial charge in [0, 0.05) is 43.5 Å². The first-order valence-corrected chi connectivity index (χ1v) is 14.9. The Morgan fingerprint density at radius 2 is 1.76 bits per heavy atom. The Labute approximate surface area is 261 Å². The molecule has 4 N–H and O–H groups in total. The van der Waals surface area contributed by atoms with Crippen molar-refractivity contribution in [1.82, 2.24) is 29.6 Å². The van der Waals surface area contributed by atoms with Crippen molar-refractivity contribution >= 4 is 23.2 Å². The van der Waals surface area contributed by atoms with Gasteiger partial charge in [-0.15, -0.1) is 0 Å². The summed E-state index contributed by atoms with van der Waals surface area (Å²) < 4.78 is 3.20. The maximum atomic E-state index is 13.4. The molecule has 1 aliphatic rings. The zero-order chi connectivity index (χ0) is 31.9. The fraction of sp³-hybridized carbons (Fsp3) is 0.265. The van der Waals surface area contributed by atoms with Crippen LogP contribution in [0, 0.1) is 13.8 Å². The van der Waals surface area contributed by atoms with E-state index in [0.717, 1.165) is 36.6 Å². The molecule has 0 radical (unpaired) electrons. The molecule has 0 spiro atoms. The number of anilines is 3. The number of aryl methyl sites for hydroxylation is 1. The summed E-state index contributed by atoms with van der Waals surface area (Å²) in [6, 6.07) is 20.6. The molecule has 1 fully saturated rings. The summed E-state index contributed by atoms with van der Waals surface area (Å²) in [5, 5.41) is 6.39. The van der Waals surface area contributed by atoms with Gasteiger partial charge >= 0.3 is 0 Å². The minimum absolute atomic E-state index is 0.00376. The number of nitrogens with two attached hydrogens (primary N) is 1. The molecule has 11 nitrogen and oxygen atoms in total. The van der Waals surface area contributed by atoms with Crippen LogP contribution in [0.3, 0.4) is 0 Å². The van der Waals surface area contributed by atoms with Gasteiger partial charge in [0.2, 0.25) is 0 Å². The van der Waals surface area contributed by atoms with Gasteiger partial charge < -0.3 is 21.3 Å². The molecule has 3 aromatic heterocycles. The van der Waals surface area contributed by atoms with Gasteiger partial charge in [0.05, 0.1) is 23.3 Å². The van der Waals surface area contributed by atoms with Crippen molar-refractivity contribution in [3.8, 4) is 28.3 Å². The fourth-order valence-electron chi connectivity index (χ4n) is 5.74. The van der Waals surface area contributed by atoms with Gasteiger partial charge in [0.15, 0.2) is 0 Å². The quantitative estimate of drug-likeness (QED) is 0.261. The molecule has 0 saturated carbocycles. The van der Waals surface area contributed by atoms with Gasteiger partial charge in [0.25, 0.3) is 11.5 Å². The number of nitrogens with zero attached hydrogens (tertiary/aromatic N) is 6. The first kappa shape index (κ1) is 29.8. The normalized spacial score (nSPS) is 14.4. The number of aromatic nitrogens is 5. The van der Waals surface area contributed by atoms with Gasteiger partial charge in [-0.05, 0) is 69.7 Å². The second-order valence-electron chi connectivity index (χ2n) is 12.1. The van der Waals surface area contributed by atoms with Crippen molar-refractivity contribution in [2.24, 2.45) is 7.05 Å². The van der Waals surface area contributed by atoms with Crippen molar-refractivity contribution in [3.05, 3.63) is 100 Å². The minimum Gasteiger partial charge on any atom is -0.382 e. The Bertz CT molecular complexity index is 1960. The van der Waals surface area contributed by atoms with E-state index >= 15 is 0 Å². The third-order valence-corrected chi connectivity index (χ3v) is 8.14. The van der Waals surface area contributed by atoms with Crippen LogP contribution in [0.4, 0.5) is 17.3 Å². The van der Waals surface area contributed by atoms with E-state index in [4.69, 9.17) is 15.7 Å². The Kier molecular flexibility index (Phi) is 7.71. The zero-order valence-corrected chi connectivity index (χ0v) is 26.1. The molecule has 6 rings (SSSR count). The highest BCUT2D eigenvalue weighted by atomic mass is 16.2. The Hall–Kier alpha value is -5.29. The van der Waals surface area contributed by atoms with Crippen molar-refractivity contribution in [2.75, 3.05) is 35.6 Å². The summed E-state index contributed by atoms with van der Waals surface area (Å²) in [7, 11) is 1.77. The van der Waals surface area contributed by atoms with E-state index in [1.807, 2.05) is 61.5 Å². The number of hydrogen-bond donors (Lipinski definition) is 3. The van der Waals surface area contributed by atoms with E-state index in [2.05, 4.69) is 34.4 Å². The monoisotopic (exact) mass is 603 g/mol. The first-order chi connectivity index (χ1) is 21.5. The predicted octanol–water partition coefficient (Wildman–Crippen LogP) is 4.33. The highest BCUT2D eigenvalue weighted by molar-refractivity contribution is 6.05. The lowest BCUT2D eigenvalue weighted by Gasteiger charge is -2.39. The first-order valence-electron chi connectivity index (χ1n) is 14.9. The molecule has 4 heterocycles. The highest BCUT2D eigenvalue weighted by Crippen LogP contribution is 2.28. The van der Waals surface area contributed by atoms with Crippen LogP contribution in [0.2, 0.25) is 0 Å². The molecule has 5 aromatic rings. The summed E-state index contributed by atoms with van der Waals surface area (Å²) in [4.78, 5) is 43.1. The number of benzene rings is 2. The van der Waals surface area contributed by atoms with Crippen molar-refractivity contribution in [2.45, 2.75) is 33.2 Å². The van der Waals surface area contributed by atoms with Crippen LogP contribution >= 0.6 is 0 Å². The van der Waals surface area contributed by atoms with Gasteiger partial charge in [-0.2, -0.15) is 0 Å². The number of amides is 1. The smallest absolute Gasteiger partial charge is 0.284 e. The van der Waals surface area contributed by atoms with Crippen LogP contribution in [0.5, 0.6) is 0 Å². The van der Waals surface area contributed by atoms with Crippen molar-refractivity contribution in [3.63, 3.8) is 0 Å². The van der Waals surface area contributed by atoms with Gasteiger partial charge in [-0.3, -0.25) is 14.3 Å².